The Morgan fingerprint density at radius 3 is 3.08 bits per heavy atom. The van der Waals surface area contributed by atoms with Gasteiger partial charge in [-0.15, -0.1) is 0 Å². The molecule has 3 rings (SSSR count). The summed E-state index contributed by atoms with van der Waals surface area (Å²) >= 11 is 0. The average molecular weight is 340 g/mol. The number of nitrogens with zero attached hydrogens (tertiary/aromatic N) is 1. The van der Waals surface area contributed by atoms with Gasteiger partial charge in [0, 0.05) is 31.0 Å². The van der Waals surface area contributed by atoms with Gasteiger partial charge >= 0.3 is 0 Å². The van der Waals surface area contributed by atoms with E-state index in [0.717, 1.165) is 35.5 Å². The van der Waals surface area contributed by atoms with E-state index < -0.39 is 0 Å². The van der Waals surface area contributed by atoms with Gasteiger partial charge in [0.1, 0.15) is 17.3 Å². The smallest absolute Gasteiger partial charge is 0.124 e. The predicted molar refractivity (Wildman–Crippen MR) is 92.9 cm³/mol. The van der Waals surface area contributed by atoms with Crippen LogP contribution in [0.5, 0.6) is 11.5 Å². The van der Waals surface area contributed by atoms with Crippen LogP contribution in [0.15, 0.2) is 42.5 Å². The van der Waals surface area contributed by atoms with Gasteiger partial charge in [-0.25, -0.2) is 4.39 Å². The molecule has 0 amide bonds. The van der Waals surface area contributed by atoms with Gasteiger partial charge in [0.25, 0.3) is 0 Å². The first-order valence-corrected chi connectivity index (χ1v) is 8.50. The third-order valence-corrected chi connectivity index (χ3v) is 4.16. The standard InChI is InChI=1S/C20H21FN2O2/c21-16-6-7-20-18(13-16)19(8-11-25-20)23-14-15-4-3-5-17(12-15)24-10-2-1-9-22/h3-7,12-13,19,23H,1-2,8,10-11,14H2. The molecule has 1 atom stereocenters. The molecule has 4 nitrogen and oxygen atoms in total. The lowest BCUT2D eigenvalue weighted by molar-refractivity contribution is 0.251. The lowest BCUT2D eigenvalue weighted by Gasteiger charge is -2.27. The highest BCUT2D eigenvalue weighted by Gasteiger charge is 2.21. The van der Waals surface area contributed by atoms with Gasteiger partial charge in [0.2, 0.25) is 0 Å². The van der Waals surface area contributed by atoms with Crippen molar-refractivity contribution in [1.29, 1.82) is 5.26 Å². The van der Waals surface area contributed by atoms with Crippen molar-refractivity contribution in [1.82, 2.24) is 5.32 Å². The van der Waals surface area contributed by atoms with Gasteiger partial charge in [-0.05, 0) is 42.3 Å². The second kappa shape index (κ2) is 8.50. The number of nitrogens with one attached hydrogen (secondary N) is 1. The molecule has 1 aliphatic heterocycles. The molecule has 2 aromatic rings. The van der Waals surface area contributed by atoms with Gasteiger partial charge in [0.05, 0.1) is 19.3 Å². The average Bonchev–Trinajstić information content (AvgIpc) is 2.64. The minimum atomic E-state index is -0.246. The zero-order valence-electron chi connectivity index (χ0n) is 14.0. The Morgan fingerprint density at radius 1 is 1.28 bits per heavy atom. The summed E-state index contributed by atoms with van der Waals surface area (Å²) in [7, 11) is 0. The molecular weight excluding hydrogens is 319 g/mol. The number of rotatable bonds is 7. The molecule has 0 aromatic heterocycles. The van der Waals surface area contributed by atoms with E-state index in [9.17, 15) is 4.39 Å². The van der Waals surface area contributed by atoms with E-state index in [2.05, 4.69) is 11.4 Å². The molecule has 2 aromatic carbocycles. The maximum Gasteiger partial charge on any atom is 0.124 e. The van der Waals surface area contributed by atoms with Crippen LogP contribution in [-0.4, -0.2) is 13.2 Å². The fourth-order valence-electron chi connectivity index (χ4n) is 2.90. The monoisotopic (exact) mass is 340 g/mol. The van der Waals surface area contributed by atoms with Crippen LogP contribution in [0.2, 0.25) is 0 Å². The van der Waals surface area contributed by atoms with Crippen LogP contribution >= 0.6 is 0 Å². The molecule has 5 heteroatoms. The lowest BCUT2D eigenvalue weighted by Crippen LogP contribution is -2.26. The predicted octanol–water partition coefficient (Wildman–Crippen LogP) is 4.12. The number of ether oxygens (including phenoxy) is 2. The molecule has 0 aliphatic carbocycles. The number of fused-ring (bicyclic) bond motifs is 1. The highest BCUT2D eigenvalue weighted by Crippen LogP contribution is 2.32. The van der Waals surface area contributed by atoms with Gasteiger partial charge in [0.15, 0.2) is 0 Å². The van der Waals surface area contributed by atoms with Crippen molar-refractivity contribution < 1.29 is 13.9 Å². The van der Waals surface area contributed by atoms with Crippen molar-refractivity contribution in [3.8, 4) is 17.6 Å². The second-order valence-electron chi connectivity index (χ2n) is 6.01. The molecule has 1 unspecified atom stereocenters. The van der Waals surface area contributed by atoms with Crippen LogP contribution in [0.3, 0.4) is 0 Å². The van der Waals surface area contributed by atoms with Crippen LogP contribution in [0.1, 0.15) is 36.4 Å². The molecule has 1 aliphatic rings. The lowest BCUT2D eigenvalue weighted by atomic mass is 10.00. The topological polar surface area (TPSA) is 54.3 Å². The molecule has 0 saturated heterocycles. The van der Waals surface area contributed by atoms with Crippen LogP contribution < -0.4 is 14.8 Å². The molecule has 1 heterocycles. The third kappa shape index (κ3) is 4.71. The van der Waals surface area contributed by atoms with Crippen molar-refractivity contribution in [3.63, 3.8) is 0 Å². The summed E-state index contributed by atoms with van der Waals surface area (Å²) in [6.07, 6.45) is 2.03. The summed E-state index contributed by atoms with van der Waals surface area (Å²) in [5.74, 6) is 1.30. The fourth-order valence-corrected chi connectivity index (χ4v) is 2.90. The normalized spacial score (nSPS) is 15.8. The Morgan fingerprint density at radius 2 is 2.20 bits per heavy atom. The van der Waals surface area contributed by atoms with Crippen molar-refractivity contribution in [3.05, 3.63) is 59.4 Å². The zero-order valence-corrected chi connectivity index (χ0v) is 14.0. The first-order chi connectivity index (χ1) is 12.3. The van der Waals surface area contributed by atoms with Crippen molar-refractivity contribution in [2.24, 2.45) is 0 Å². The van der Waals surface area contributed by atoms with Crippen molar-refractivity contribution in [2.75, 3.05) is 13.2 Å². The minimum Gasteiger partial charge on any atom is -0.494 e. The van der Waals surface area contributed by atoms with Crippen LogP contribution in [0, 0.1) is 17.1 Å². The van der Waals surface area contributed by atoms with Gasteiger partial charge in [-0.3, -0.25) is 0 Å². The first-order valence-electron chi connectivity index (χ1n) is 8.50. The maximum atomic E-state index is 13.5. The SMILES string of the molecule is N#CCCCOc1cccc(CNC2CCOc3ccc(F)cc32)c1. The number of halogens is 1. The Balaban J connectivity index is 1.59. The number of nitriles is 1. The maximum absolute atomic E-state index is 13.5. The fraction of sp³-hybridized carbons (Fsp3) is 0.350. The molecule has 1 N–H and O–H groups in total. The summed E-state index contributed by atoms with van der Waals surface area (Å²) in [4.78, 5) is 0. The summed E-state index contributed by atoms with van der Waals surface area (Å²) in [6.45, 7) is 1.82. The summed E-state index contributed by atoms with van der Waals surface area (Å²) < 4.78 is 24.8. The van der Waals surface area contributed by atoms with E-state index in [1.807, 2.05) is 24.3 Å². The minimum absolute atomic E-state index is 0.0691. The van der Waals surface area contributed by atoms with E-state index in [1.54, 1.807) is 12.1 Å². The Hall–Kier alpha value is -2.58. The van der Waals surface area contributed by atoms with Gasteiger partial charge in [-0.2, -0.15) is 5.26 Å². The molecule has 25 heavy (non-hydrogen) atoms. The summed E-state index contributed by atoms with van der Waals surface area (Å²) in [6, 6.07) is 14.7. The molecule has 130 valence electrons. The van der Waals surface area contributed by atoms with E-state index in [4.69, 9.17) is 14.7 Å². The van der Waals surface area contributed by atoms with Crippen LogP contribution in [0.4, 0.5) is 4.39 Å². The first kappa shape index (κ1) is 17.2. The number of unbranched alkanes of at least 4 members (excludes halogenated alkanes) is 1. The zero-order chi connectivity index (χ0) is 17.5. The number of benzene rings is 2. The molecule has 0 radical (unpaired) electrons. The largest absolute Gasteiger partial charge is 0.494 e. The third-order valence-electron chi connectivity index (χ3n) is 4.16. The molecule has 0 saturated carbocycles. The van der Waals surface area contributed by atoms with Gasteiger partial charge in [-0.1, -0.05) is 12.1 Å². The van der Waals surface area contributed by atoms with E-state index in [1.165, 1.54) is 6.07 Å². The second-order valence-corrected chi connectivity index (χ2v) is 6.01. The van der Waals surface area contributed by atoms with Crippen LogP contribution in [0.25, 0.3) is 0 Å². The number of hydrogen-bond acceptors (Lipinski definition) is 4. The highest BCUT2D eigenvalue weighted by molar-refractivity contribution is 5.38. The summed E-state index contributed by atoms with van der Waals surface area (Å²) in [5.41, 5.74) is 1.97. The van der Waals surface area contributed by atoms with Crippen molar-refractivity contribution in [2.45, 2.75) is 31.8 Å². The Bertz CT molecular complexity index is 758. The van der Waals surface area contributed by atoms with Gasteiger partial charge < -0.3 is 14.8 Å². The summed E-state index contributed by atoms with van der Waals surface area (Å²) in [5, 5.41) is 12.0. The highest BCUT2D eigenvalue weighted by atomic mass is 19.1. The molecule has 0 fully saturated rings. The van der Waals surface area contributed by atoms with Crippen molar-refractivity contribution >= 4 is 0 Å². The number of hydrogen-bond donors (Lipinski definition) is 1. The molecule has 0 spiro atoms. The van der Waals surface area contributed by atoms with E-state index in [-0.39, 0.29) is 11.9 Å². The molecule has 0 bridgehead atoms. The van der Waals surface area contributed by atoms with Crippen LogP contribution in [-0.2, 0) is 6.54 Å². The Kier molecular flexibility index (Phi) is 5.86. The molecular formula is C20H21FN2O2. The quantitative estimate of drug-likeness (QED) is 0.770. The van der Waals surface area contributed by atoms with E-state index >= 15 is 0 Å². The Labute approximate surface area is 147 Å². The van der Waals surface area contributed by atoms with E-state index in [0.29, 0.717) is 26.2 Å².